The maximum absolute atomic E-state index is 4.87. The highest BCUT2D eigenvalue weighted by Gasteiger charge is 2.45. The normalized spacial score (nSPS) is 29.7. The van der Waals surface area contributed by atoms with Crippen LogP contribution in [0.15, 0.2) is 10.9 Å². The molecule has 15 heavy (non-hydrogen) atoms. The summed E-state index contributed by atoms with van der Waals surface area (Å²) in [6.07, 6.45) is 8.19. The predicted octanol–water partition coefficient (Wildman–Crippen LogP) is 1.71. The third-order valence-corrected chi connectivity index (χ3v) is 4.10. The number of nitrogens with one attached hydrogen (secondary N) is 1. The molecular formula is C11H17N3O. The van der Waals surface area contributed by atoms with E-state index in [2.05, 4.69) is 15.5 Å². The van der Waals surface area contributed by atoms with Crippen molar-refractivity contribution in [3.05, 3.63) is 12.2 Å². The fraction of sp³-hybridized carbons (Fsp3) is 0.818. The number of hydrogen-bond donors (Lipinski definition) is 1. The van der Waals surface area contributed by atoms with E-state index in [-0.39, 0.29) is 0 Å². The highest BCUT2D eigenvalue weighted by Crippen LogP contribution is 2.48. The first kappa shape index (κ1) is 9.33. The van der Waals surface area contributed by atoms with Gasteiger partial charge in [-0.3, -0.25) is 0 Å². The summed E-state index contributed by atoms with van der Waals surface area (Å²) in [5.74, 6) is 1.37. The molecule has 1 aliphatic heterocycles. The van der Waals surface area contributed by atoms with Gasteiger partial charge in [0.15, 0.2) is 5.82 Å². The molecule has 0 radical (unpaired) electrons. The van der Waals surface area contributed by atoms with E-state index in [9.17, 15) is 0 Å². The summed E-state index contributed by atoms with van der Waals surface area (Å²) < 4.78 is 4.87. The maximum atomic E-state index is 4.87. The zero-order valence-electron chi connectivity index (χ0n) is 8.91. The molecule has 1 atom stereocenters. The SMILES string of the molecule is c1nc(C2CNCC23CCCCC3)no1. The summed E-state index contributed by atoms with van der Waals surface area (Å²) in [6, 6.07) is 0. The van der Waals surface area contributed by atoms with E-state index < -0.39 is 0 Å². The highest BCUT2D eigenvalue weighted by atomic mass is 16.5. The van der Waals surface area contributed by atoms with Crippen LogP contribution in [0.5, 0.6) is 0 Å². The lowest BCUT2D eigenvalue weighted by atomic mass is 9.67. The summed E-state index contributed by atoms with van der Waals surface area (Å²) >= 11 is 0. The molecule has 1 aliphatic carbocycles. The zero-order valence-corrected chi connectivity index (χ0v) is 8.91. The van der Waals surface area contributed by atoms with Crippen LogP contribution in [0.25, 0.3) is 0 Å². The minimum atomic E-state index is 0.419. The van der Waals surface area contributed by atoms with Crippen LogP contribution in [-0.2, 0) is 0 Å². The van der Waals surface area contributed by atoms with Crippen LogP contribution in [-0.4, -0.2) is 23.2 Å². The van der Waals surface area contributed by atoms with Crippen LogP contribution < -0.4 is 5.32 Å². The van der Waals surface area contributed by atoms with Crippen LogP contribution in [0.4, 0.5) is 0 Å². The quantitative estimate of drug-likeness (QED) is 0.761. The third kappa shape index (κ3) is 1.47. The molecule has 1 saturated carbocycles. The minimum absolute atomic E-state index is 0.419. The Labute approximate surface area is 89.4 Å². The second-order valence-electron chi connectivity index (χ2n) is 4.90. The summed E-state index contributed by atoms with van der Waals surface area (Å²) in [5, 5.41) is 7.52. The van der Waals surface area contributed by atoms with Gasteiger partial charge < -0.3 is 9.84 Å². The molecule has 4 nitrogen and oxygen atoms in total. The molecule has 82 valence electrons. The van der Waals surface area contributed by atoms with Crippen molar-refractivity contribution in [2.24, 2.45) is 5.41 Å². The average Bonchev–Trinajstić information content (AvgIpc) is 2.88. The molecule has 1 unspecified atom stereocenters. The zero-order chi connectivity index (χ0) is 10.1. The van der Waals surface area contributed by atoms with Gasteiger partial charge in [0.2, 0.25) is 6.39 Å². The molecule has 2 heterocycles. The number of hydrogen-bond acceptors (Lipinski definition) is 4. The van der Waals surface area contributed by atoms with Crippen molar-refractivity contribution in [2.45, 2.75) is 38.0 Å². The minimum Gasteiger partial charge on any atom is -0.343 e. The van der Waals surface area contributed by atoms with Gasteiger partial charge in [-0.2, -0.15) is 4.98 Å². The predicted molar refractivity (Wildman–Crippen MR) is 55.4 cm³/mol. The van der Waals surface area contributed by atoms with Gasteiger partial charge in [-0.05, 0) is 18.3 Å². The van der Waals surface area contributed by atoms with Crippen LogP contribution >= 0.6 is 0 Å². The van der Waals surface area contributed by atoms with Crippen molar-refractivity contribution in [3.8, 4) is 0 Å². The van der Waals surface area contributed by atoms with Gasteiger partial charge in [-0.1, -0.05) is 24.4 Å². The molecule has 1 spiro atoms. The molecule has 2 fully saturated rings. The number of nitrogens with zero attached hydrogens (tertiary/aromatic N) is 2. The number of aromatic nitrogens is 2. The molecular weight excluding hydrogens is 190 g/mol. The molecule has 0 amide bonds. The van der Waals surface area contributed by atoms with Crippen molar-refractivity contribution in [3.63, 3.8) is 0 Å². The molecule has 0 bridgehead atoms. The lowest BCUT2D eigenvalue weighted by Crippen LogP contribution is -2.31. The average molecular weight is 207 g/mol. The summed E-state index contributed by atoms with van der Waals surface area (Å²) in [5.41, 5.74) is 0.419. The standard InChI is InChI=1S/C11H17N3O/c1-2-4-11(5-3-1)7-12-6-9(11)10-13-8-15-14-10/h8-9,12H,1-7H2. The Balaban J connectivity index is 1.87. The first-order chi connectivity index (χ1) is 7.41. The third-order valence-electron chi connectivity index (χ3n) is 4.10. The van der Waals surface area contributed by atoms with Crippen LogP contribution in [0.1, 0.15) is 43.8 Å². The first-order valence-electron chi connectivity index (χ1n) is 5.88. The van der Waals surface area contributed by atoms with Gasteiger partial charge in [-0.25, -0.2) is 0 Å². The van der Waals surface area contributed by atoms with E-state index >= 15 is 0 Å². The maximum Gasteiger partial charge on any atom is 0.213 e. The summed E-state index contributed by atoms with van der Waals surface area (Å²) in [4.78, 5) is 4.23. The van der Waals surface area contributed by atoms with Gasteiger partial charge >= 0.3 is 0 Å². The second-order valence-corrected chi connectivity index (χ2v) is 4.90. The van der Waals surface area contributed by atoms with Gasteiger partial charge in [0.25, 0.3) is 0 Å². The molecule has 1 N–H and O–H groups in total. The van der Waals surface area contributed by atoms with E-state index in [0.717, 1.165) is 18.9 Å². The monoisotopic (exact) mass is 207 g/mol. The van der Waals surface area contributed by atoms with E-state index in [4.69, 9.17) is 4.52 Å². The Morgan fingerprint density at radius 1 is 1.33 bits per heavy atom. The Morgan fingerprint density at radius 2 is 2.20 bits per heavy atom. The van der Waals surface area contributed by atoms with Crippen molar-refractivity contribution in [2.75, 3.05) is 13.1 Å². The Hall–Kier alpha value is -0.900. The summed E-state index contributed by atoms with van der Waals surface area (Å²) in [6.45, 7) is 2.14. The molecule has 4 heteroatoms. The molecule has 0 aromatic carbocycles. The summed E-state index contributed by atoms with van der Waals surface area (Å²) in [7, 11) is 0. The van der Waals surface area contributed by atoms with E-state index in [1.54, 1.807) is 0 Å². The molecule has 1 aromatic rings. The first-order valence-corrected chi connectivity index (χ1v) is 5.88. The molecule has 1 saturated heterocycles. The Kier molecular flexibility index (Phi) is 2.24. The van der Waals surface area contributed by atoms with E-state index in [0.29, 0.717) is 11.3 Å². The number of rotatable bonds is 1. The van der Waals surface area contributed by atoms with Crippen molar-refractivity contribution in [1.29, 1.82) is 0 Å². The molecule has 1 aromatic heterocycles. The lowest BCUT2D eigenvalue weighted by molar-refractivity contribution is 0.182. The van der Waals surface area contributed by atoms with Crippen LogP contribution in [0.3, 0.4) is 0 Å². The molecule has 3 rings (SSSR count). The highest BCUT2D eigenvalue weighted by molar-refractivity contribution is 5.10. The second kappa shape index (κ2) is 3.59. The van der Waals surface area contributed by atoms with Gasteiger partial charge in [-0.15, -0.1) is 0 Å². The van der Waals surface area contributed by atoms with Crippen LogP contribution in [0, 0.1) is 5.41 Å². The largest absolute Gasteiger partial charge is 0.343 e. The lowest BCUT2D eigenvalue weighted by Gasteiger charge is -2.36. The fourth-order valence-corrected chi connectivity index (χ4v) is 3.28. The van der Waals surface area contributed by atoms with Gasteiger partial charge in [0.05, 0.1) is 0 Å². The Bertz CT molecular complexity index is 317. The Morgan fingerprint density at radius 3 is 2.93 bits per heavy atom. The molecule has 2 aliphatic rings. The van der Waals surface area contributed by atoms with Crippen molar-refractivity contribution in [1.82, 2.24) is 15.5 Å². The topological polar surface area (TPSA) is 51.0 Å². The van der Waals surface area contributed by atoms with Crippen molar-refractivity contribution >= 4 is 0 Å². The fourth-order valence-electron chi connectivity index (χ4n) is 3.28. The van der Waals surface area contributed by atoms with Gasteiger partial charge in [0.1, 0.15) is 0 Å². The van der Waals surface area contributed by atoms with Gasteiger partial charge in [0, 0.05) is 19.0 Å². The van der Waals surface area contributed by atoms with E-state index in [1.165, 1.54) is 38.5 Å². The van der Waals surface area contributed by atoms with Crippen LogP contribution in [0.2, 0.25) is 0 Å². The smallest absolute Gasteiger partial charge is 0.213 e. The van der Waals surface area contributed by atoms with E-state index in [1.807, 2.05) is 0 Å². The van der Waals surface area contributed by atoms with Crippen molar-refractivity contribution < 1.29 is 4.52 Å².